The number of anilines is 1. The molecule has 10 heteroatoms. The van der Waals surface area contributed by atoms with Gasteiger partial charge in [0.05, 0.1) is 36.9 Å². The number of imide groups is 1. The summed E-state index contributed by atoms with van der Waals surface area (Å²) >= 11 is 24.5. The maximum absolute atomic E-state index is 13.0. The zero-order valence-corrected chi connectivity index (χ0v) is 19.0. The van der Waals surface area contributed by atoms with E-state index in [1.165, 1.54) is 12.1 Å². The van der Waals surface area contributed by atoms with E-state index in [4.69, 9.17) is 46.4 Å². The van der Waals surface area contributed by atoms with E-state index in [0.29, 0.717) is 24.1 Å². The Bertz CT molecular complexity index is 1240. The number of aryl methyl sites for hydroxylation is 2. The largest absolute Gasteiger partial charge is 0.504 e. The molecule has 0 saturated carbocycles. The Morgan fingerprint density at radius 3 is 1.72 bits per heavy atom. The van der Waals surface area contributed by atoms with Gasteiger partial charge in [-0.15, -0.1) is 0 Å². The first kappa shape index (κ1) is 22.6. The summed E-state index contributed by atoms with van der Waals surface area (Å²) in [4.78, 5) is 27.0. The molecule has 6 nitrogen and oxygen atoms in total. The van der Waals surface area contributed by atoms with Gasteiger partial charge in [0.25, 0.3) is 11.8 Å². The Hall–Kier alpha value is -2.64. The van der Waals surface area contributed by atoms with E-state index in [-0.39, 0.29) is 31.2 Å². The number of halogens is 4. The first-order chi connectivity index (χ1) is 15.1. The second-order valence-corrected chi connectivity index (χ2v) is 8.62. The lowest BCUT2D eigenvalue weighted by atomic mass is 10.0. The van der Waals surface area contributed by atoms with Crippen molar-refractivity contribution in [3.8, 4) is 17.2 Å². The van der Waals surface area contributed by atoms with Crippen LogP contribution >= 0.6 is 46.4 Å². The van der Waals surface area contributed by atoms with E-state index >= 15 is 0 Å². The Morgan fingerprint density at radius 1 is 0.688 bits per heavy atom. The van der Waals surface area contributed by atoms with Gasteiger partial charge in [0, 0.05) is 0 Å². The number of aromatic hydroxyl groups is 3. The van der Waals surface area contributed by atoms with Gasteiger partial charge in [0.1, 0.15) is 0 Å². The normalized spacial score (nSPS) is 13.1. The fraction of sp³-hybridized carbons (Fsp3) is 0.0909. The highest BCUT2D eigenvalue weighted by atomic mass is 35.5. The van der Waals surface area contributed by atoms with E-state index in [1.807, 2.05) is 0 Å². The topological polar surface area (TPSA) is 98.1 Å². The molecule has 0 fully saturated rings. The lowest BCUT2D eigenvalue weighted by Gasteiger charge is -2.15. The smallest absolute Gasteiger partial charge is 0.267 e. The number of nitrogens with zero attached hydrogens (tertiary/aromatic N) is 1. The van der Waals surface area contributed by atoms with Crippen molar-refractivity contribution < 1.29 is 24.9 Å². The number of carbonyl (C=O) groups excluding carboxylic acids is 2. The van der Waals surface area contributed by atoms with Crippen LogP contribution in [0.3, 0.4) is 0 Å². The van der Waals surface area contributed by atoms with Crippen molar-refractivity contribution >= 4 is 63.9 Å². The average molecular weight is 513 g/mol. The van der Waals surface area contributed by atoms with Crippen LogP contribution in [0, 0.1) is 0 Å². The molecule has 3 aromatic carbocycles. The molecule has 1 heterocycles. The zero-order valence-electron chi connectivity index (χ0n) is 16.0. The highest BCUT2D eigenvalue weighted by molar-refractivity contribution is 6.56. The second kappa shape index (κ2) is 8.37. The summed E-state index contributed by atoms with van der Waals surface area (Å²) in [6, 6.07) is 9.43. The molecule has 3 aromatic rings. The molecule has 0 unspecified atom stereocenters. The number of amides is 2. The predicted molar refractivity (Wildman–Crippen MR) is 123 cm³/mol. The van der Waals surface area contributed by atoms with Crippen molar-refractivity contribution in [2.75, 3.05) is 4.90 Å². The maximum Gasteiger partial charge on any atom is 0.267 e. The minimum Gasteiger partial charge on any atom is -0.504 e. The standard InChI is InChI=1S/C22H13Cl4NO5/c23-16-14-15(17(24)19(26)18(16)25)22(32)27(21(14)31)11-3-1-2-9(6-11)4-5-10-7-12(28)20(30)13(29)8-10/h1-3,6-8,28-30H,4-5H2. The number of phenols is 3. The van der Waals surface area contributed by atoms with Gasteiger partial charge in [-0.25, -0.2) is 4.90 Å². The summed E-state index contributed by atoms with van der Waals surface area (Å²) in [6.07, 6.45) is 0.871. The first-order valence-electron chi connectivity index (χ1n) is 9.19. The van der Waals surface area contributed by atoms with E-state index in [1.54, 1.807) is 24.3 Å². The Labute approximate surface area is 202 Å². The van der Waals surface area contributed by atoms with Crippen LogP contribution in [-0.4, -0.2) is 27.1 Å². The molecule has 0 saturated heterocycles. The van der Waals surface area contributed by atoms with Crippen molar-refractivity contribution in [1.29, 1.82) is 0 Å². The highest BCUT2D eigenvalue weighted by Crippen LogP contribution is 2.45. The van der Waals surface area contributed by atoms with Crippen LogP contribution < -0.4 is 4.90 Å². The SMILES string of the molecule is O=C1c2c(Cl)c(Cl)c(Cl)c(Cl)c2C(=O)N1c1cccc(CCc2cc(O)c(O)c(O)c2)c1. The summed E-state index contributed by atoms with van der Waals surface area (Å²) in [6.45, 7) is 0. The van der Waals surface area contributed by atoms with Crippen molar-refractivity contribution in [2.24, 2.45) is 0 Å². The Balaban J connectivity index is 1.64. The van der Waals surface area contributed by atoms with Gasteiger partial charge in [0.2, 0.25) is 0 Å². The fourth-order valence-corrected chi connectivity index (χ4v) is 4.54. The van der Waals surface area contributed by atoms with Gasteiger partial charge in [0.15, 0.2) is 17.2 Å². The van der Waals surface area contributed by atoms with Crippen LogP contribution in [0.2, 0.25) is 20.1 Å². The van der Waals surface area contributed by atoms with Crippen LogP contribution in [0.1, 0.15) is 31.8 Å². The van der Waals surface area contributed by atoms with Crippen molar-refractivity contribution in [3.63, 3.8) is 0 Å². The molecule has 0 aromatic heterocycles. The third-order valence-corrected chi connectivity index (χ3v) is 6.90. The Kier molecular flexibility index (Phi) is 5.90. The quantitative estimate of drug-likeness (QED) is 0.172. The number of phenolic OH excluding ortho intramolecular Hbond substituents is 3. The van der Waals surface area contributed by atoms with E-state index in [9.17, 15) is 24.9 Å². The van der Waals surface area contributed by atoms with Crippen LogP contribution in [0.4, 0.5) is 5.69 Å². The molecule has 0 bridgehead atoms. The van der Waals surface area contributed by atoms with Crippen LogP contribution in [-0.2, 0) is 12.8 Å². The van der Waals surface area contributed by atoms with Crippen LogP contribution in [0.25, 0.3) is 0 Å². The summed E-state index contributed by atoms with van der Waals surface area (Å²) < 4.78 is 0. The summed E-state index contributed by atoms with van der Waals surface area (Å²) in [5, 5.41) is 28.3. The maximum atomic E-state index is 13.0. The molecule has 164 valence electrons. The molecule has 0 radical (unpaired) electrons. The van der Waals surface area contributed by atoms with Gasteiger partial charge < -0.3 is 15.3 Å². The summed E-state index contributed by atoms with van der Waals surface area (Å²) in [7, 11) is 0. The van der Waals surface area contributed by atoms with E-state index in [0.717, 1.165) is 10.5 Å². The number of hydrogen-bond acceptors (Lipinski definition) is 5. The number of carbonyl (C=O) groups is 2. The molecule has 0 atom stereocenters. The lowest BCUT2D eigenvalue weighted by molar-refractivity contribution is 0.0926. The predicted octanol–water partition coefficient (Wildman–Crippen LogP) is 6.00. The molecule has 1 aliphatic rings. The van der Waals surface area contributed by atoms with Crippen molar-refractivity contribution in [2.45, 2.75) is 12.8 Å². The third-order valence-electron chi connectivity index (χ3n) is 5.10. The summed E-state index contributed by atoms with van der Waals surface area (Å²) in [5.41, 5.74) is 1.48. The zero-order chi connectivity index (χ0) is 23.3. The molecule has 4 rings (SSSR count). The number of fused-ring (bicyclic) bond motifs is 1. The second-order valence-electron chi connectivity index (χ2n) is 7.10. The molecular formula is C22H13Cl4NO5. The molecule has 2 amide bonds. The third kappa shape index (κ3) is 3.63. The fourth-order valence-electron chi connectivity index (χ4n) is 3.53. The van der Waals surface area contributed by atoms with Crippen LogP contribution in [0.5, 0.6) is 17.2 Å². The minimum atomic E-state index is -0.666. The van der Waals surface area contributed by atoms with Gasteiger partial charge in [-0.3, -0.25) is 9.59 Å². The highest BCUT2D eigenvalue weighted by Gasteiger charge is 2.42. The van der Waals surface area contributed by atoms with Crippen molar-refractivity contribution in [1.82, 2.24) is 0 Å². The summed E-state index contributed by atoms with van der Waals surface area (Å²) in [5.74, 6) is -2.77. The number of benzene rings is 3. The lowest BCUT2D eigenvalue weighted by Crippen LogP contribution is -2.29. The van der Waals surface area contributed by atoms with Gasteiger partial charge in [-0.2, -0.15) is 0 Å². The average Bonchev–Trinajstić information content (AvgIpc) is 3.03. The molecule has 0 aliphatic carbocycles. The molecule has 32 heavy (non-hydrogen) atoms. The van der Waals surface area contributed by atoms with Gasteiger partial charge >= 0.3 is 0 Å². The Morgan fingerprint density at radius 2 is 1.19 bits per heavy atom. The molecule has 1 aliphatic heterocycles. The molecule has 3 N–H and O–H groups in total. The number of rotatable bonds is 4. The van der Waals surface area contributed by atoms with Gasteiger partial charge in [-0.1, -0.05) is 58.5 Å². The van der Waals surface area contributed by atoms with E-state index in [2.05, 4.69) is 0 Å². The first-order valence-corrected chi connectivity index (χ1v) is 10.7. The number of hydrogen-bond donors (Lipinski definition) is 3. The van der Waals surface area contributed by atoms with Gasteiger partial charge in [-0.05, 0) is 48.2 Å². The molecular weight excluding hydrogens is 500 g/mol. The van der Waals surface area contributed by atoms with Crippen LogP contribution in [0.15, 0.2) is 36.4 Å². The monoisotopic (exact) mass is 511 g/mol. The molecule has 0 spiro atoms. The minimum absolute atomic E-state index is 0.100. The van der Waals surface area contributed by atoms with Crippen molar-refractivity contribution in [3.05, 3.63) is 78.7 Å². The van der Waals surface area contributed by atoms with E-state index < -0.39 is 29.1 Å².